The van der Waals surface area contributed by atoms with Gasteiger partial charge in [-0.25, -0.2) is 9.18 Å². The van der Waals surface area contributed by atoms with Crippen molar-refractivity contribution in [2.45, 2.75) is 64.7 Å². The number of rotatable bonds is 12. The summed E-state index contributed by atoms with van der Waals surface area (Å²) in [5, 5.41) is 3.07. The highest BCUT2D eigenvalue weighted by atomic mass is 19.1. The minimum Gasteiger partial charge on any atom is -0.338 e. The Morgan fingerprint density at radius 2 is 1.61 bits per heavy atom. The topological polar surface area (TPSA) is 35.6 Å². The highest BCUT2D eigenvalue weighted by Gasteiger charge is 2.20. The van der Waals surface area contributed by atoms with E-state index in [4.69, 9.17) is 0 Å². The molecule has 0 unspecified atom stereocenters. The van der Waals surface area contributed by atoms with Gasteiger partial charge in [0.05, 0.1) is 0 Å². The van der Waals surface area contributed by atoms with Crippen LogP contribution in [-0.4, -0.2) is 55.1 Å². The van der Waals surface area contributed by atoms with Crippen molar-refractivity contribution in [3.63, 3.8) is 0 Å². The van der Waals surface area contributed by atoms with Crippen LogP contribution in [0.5, 0.6) is 0 Å². The summed E-state index contributed by atoms with van der Waals surface area (Å²) in [5.41, 5.74) is 1.20. The van der Waals surface area contributed by atoms with E-state index in [1.54, 1.807) is 0 Å². The fraction of sp³-hybridized carbons (Fsp3) is 0.696. The Morgan fingerprint density at radius 1 is 0.929 bits per heavy atom. The summed E-state index contributed by atoms with van der Waals surface area (Å²) in [6.07, 6.45) is 10.8. The minimum absolute atomic E-state index is 0.101. The average molecular weight is 392 g/mol. The van der Waals surface area contributed by atoms with E-state index in [9.17, 15) is 9.18 Å². The van der Waals surface area contributed by atoms with Crippen molar-refractivity contribution in [2.75, 3.05) is 39.3 Å². The number of nitrogens with one attached hydrogen (secondary N) is 1. The highest BCUT2D eigenvalue weighted by molar-refractivity contribution is 5.74. The van der Waals surface area contributed by atoms with Crippen LogP contribution in [0.1, 0.15) is 63.9 Å². The summed E-state index contributed by atoms with van der Waals surface area (Å²) >= 11 is 0. The third-order valence-electron chi connectivity index (χ3n) is 5.57. The molecule has 0 atom stereocenters. The number of hydrogen-bond donors (Lipinski definition) is 1. The van der Waals surface area contributed by atoms with Gasteiger partial charge in [-0.1, -0.05) is 51.2 Å². The highest BCUT2D eigenvalue weighted by Crippen LogP contribution is 2.09. The van der Waals surface area contributed by atoms with E-state index in [1.165, 1.54) is 49.8 Å². The number of nitrogens with zero attached hydrogens (tertiary/aromatic N) is 2. The summed E-state index contributed by atoms with van der Waals surface area (Å²) < 4.78 is 12.9. The summed E-state index contributed by atoms with van der Waals surface area (Å²) in [5.74, 6) is -0.169. The quantitative estimate of drug-likeness (QED) is 0.518. The van der Waals surface area contributed by atoms with Crippen molar-refractivity contribution in [2.24, 2.45) is 0 Å². The number of carbonyl (C=O) groups excluding carboxylic acids is 1. The predicted molar refractivity (Wildman–Crippen MR) is 114 cm³/mol. The molecule has 0 aliphatic carbocycles. The first-order valence-corrected chi connectivity index (χ1v) is 11.2. The smallest absolute Gasteiger partial charge is 0.317 e. The Kier molecular flexibility index (Phi) is 11.0. The van der Waals surface area contributed by atoms with Crippen LogP contribution < -0.4 is 5.32 Å². The predicted octanol–water partition coefficient (Wildman–Crippen LogP) is 4.84. The number of hydrogen-bond acceptors (Lipinski definition) is 2. The van der Waals surface area contributed by atoms with E-state index in [2.05, 4.69) is 17.1 Å². The molecule has 1 heterocycles. The Labute approximate surface area is 170 Å². The standard InChI is InChI=1S/C23H38FN3O/c1-2-3-4-5-6-8-15-25-23(28)27-19-17-26(18-20-27)16-9-7-10-21-11-13-22(24)14-12-21/h11-14H,2-10,15-20H2,1H3,(H,25,28). The van der Waals surface area contributed by atoms with Crippen LogP contribution in [-0.2, 0) is 6.42 Å². The molecular weight excluding hydrogens is 353 g/mol. The number of urea groups is 1. The molecule has 0 spiro atoms. The number of piperazine rings is 1. The molecule has 2 amide bonds. The van der Waals surface area contributed by atoms with Crippen LogP contribution >= 0.6 is 0 Å². The van der Waals surface area contributed by atoms with Gasteiger partial charge in [0.1, 0.15) is 5.82 Å². The van der Waals surface area contributed by atoms with Crippen LogP contribution in [0.15, 0.2) is 24.3 Å². The number of unbranched alkanes of at least 4 members (excludes halogenated alkanes) is 6. The largest absolute Gasteiger partial charge is 0.338 e. The van der Waals surface area contributed by atoms with Crippen molar-refractivity contribution in [3.05, 3.63) is 35.6 Å². The molecule has 28 heavy (non-hydrogen) atoms. The van der Waals surface area contributed by atoms with Gasteiger partial charge < -0.3 is 10.2 Å². The Hall–Kier alpha value is -1.62. The molecule has 2 rings (SSSR count). The van der Waals surface area contributed by atoms with Crippen molar-refractivity contribution in [1.82, 2.24) is 15.1 Å². The molecule has 5 heteroatoms. The SMILES string of the molecule is CCCCCCCCNC(=O)N1CCN(CCCCc2ccc(F)cc2)CC1. The lowest BCUT2D eigenvalue weighted by molar-refractivity contribution is 0.138. The first kappa shape index (κ1) is 22.7. The number of benzene rings is 1. The van der Waals surface area contributed by atoms with Crippen LogP contribution in [0.2, 0.25) is 0 Å². The molecule has 1 saturated heterocycles. The van der Waals surface area contributed by atoms with Crippen LogP contribution in [0.4, 0.5) is 9.18 Å². The molecule has 0 aromatic heterocycles. The lowest BCUT2D eigenvalue weighted by Gasteiger charge is -2.34. The van der Waals surface area contributed by atoms with E-state index in [1.807, 2.05) is 17.0 Å². The molecule has 1 aromatic rings. The maximum atomic E-state index is 12.9. The average Bonchev–Trinajstić information content (AvgIpc) is 2.72. The van der Waals surface area contributed by atoms with Crippen molar-refractivity contribution in [1.29, 1.82) is 0 Å². The Balaban J connectivity index is 1.48. The van der Waals surface area contributed by atoms with Crippen LogP contribution in [0.25, 0.3) is 0 Å². The number of carbonyl (C=O) groups is 1. The molecule has 1 aliphatic heterocycles. The second-order valence-corrected chi connectivity index (χ2v) is 7.91. The van der Waals surface area contributed by atoms with Gasteiger partial charge in [0.25, 0.3) is 0 Å². The molecule has 0 saturated carbocycles. The number of halogens is 1. The first-order chi connectivity index (χ1) is 13.7. The fourth-order valence-electron chi connectivity index (χ4n) is 3.70. The molecule has 0 bridgehead atoms. The van der Waals surface area contributed by atoms with Gasteiger partial charge >= 0.3 is 6.03 Å². The minimum atomic E-state index is -0.169. The normalized spacial score (nSPS) is 15.0. The summed E-state index contributed by atoms with van der Waals surface area (Å²) in [7, 11) is 0. The zero-order chi connectivity index (χ0) is 20.0. The molecule has 0 radical (unpaired) electrons. The van der Waals surface area contributed by atoms with E-state index in [0.29, 0.717) is 0 Å². The molecule has 158 valence electrons. The maximum Gasteiger partial charge on any atom is 0.317 e. The zero-order valence-electron chi connectivity index (χ0n) is 17.6. The van der Waals surface area contributed by atoms with Crippen LogP contribution in [0, 0.1) is 5.82 Å². The van der Waals surface area contributed by atoms with Crippen LogP contribution in [0.3, 0.4) is 0 Å². The molecule has 1 aliphatic rings. The van der Waals surface area contributed by atoms with Gasteiger partial charge in [0.15, 0.2) is 0 Å². The van der Waals surface area contributed by atoms with Gasteiger partial charge in [0, 0.05) is 32.7 Å². The first-order valence-electron chi connectivity index (χ1n) is 11.2. The molecule has 4 nitrogen and oxygen atoms in total. The second-order valence-electron chi connectivity index (χ2n) is 7.91. The van der Waals surface area contributed by atoms with Gasteiger partial charge in [-0.2, -0.15) is 0 Å². The van der Waals surface area contributed by atoms with Crippen molar-refractivity contribution >= 4 is 6.03 Å². The van der Waals surface area contributed by atoms with E-state index in [-0.39, 0.29) is 11.8 Å². The summed E-state index contributed by atoms with van der Waals surface area (Å²) in [6, 6.07) is 6.91. The maximum absolute atomic E-state index is 12.9. The monoisotopic (exact) mass is 391 g/mol. The lowest BCUT2D eigenvalue weighted by atomic mass is 10.1. The summed E-state index contributed by atoms with van der Waals surface area (Å²) in [6.45, 7) is 7.67. The third kappa shape index (κ3) is 9.05. The van der Waals surface area contributed by atoms with Crippen molar-refractivity contribution < 1.29 is 9.18 Å². The second kappa shape index (κ2) is 13.5. The number of aryl methyl sites for hydroxylation is 1. The molecule has 1 aromatic carbocycles. The van der Waals surface area contributed by atoms with Gasteiger partial charge in [-0.05, 0) is 49.9 Å². The van der Waals surface area contributed by atoms with Gasteiger partial charge in [0.2, 0.25) is 0 Å². The number of amides is 2. The Morgan fingerprint density at radius 3 is 2.32 bits per heavy atom. The Bertz CT molecular complexity index is 541. The summed E-state index contributed by atoms with van der Waals surface area (Å²) in [4.78, 5) is 16.6. The lowest BCUT2D eigenvalue weighted by Crippen LogP contribution is -2.52. The molecular formula is C23H38FN3O. The molecule has 1 N–H and O–H groups in total. The van der Waals surface area contributed by atoms with Crippen molar-refractivity contribution in [3.8, 4) is 0 Å². The zero-order valence-corrected chi connectivity index (χ0v) is 17.6. The third-order valence-corrected chi connectivity index (χ3v) is 5.57. The van der Waals surface area contributed by atoms with Gasteiger partial charge in [-0.15, -0.1) is 0 Å². The van der Waals surface area contributed by atoms with Gasteiger partial charge in [-0.3, -0.25) is 4.90 Å². The molecule has 1 fully saturated rings. The van der Waals surface area contributed by atoms with E-state index >= 15 is 0 Å². The van der Waals surface area contributed by atoms with E-state index < -0.39 is 0 Å². The fourth-order valence-corrected chi connectivity index (χ4v) is 3.70. The van der Waals surface area contributed by atoms with E-state index in [0.717, 1.165) is 65.0 Å².